The molecule has 2 saturated heterocycles. The van der Waals surface area contributed by atoms with Crippen LogP contribution in [0.2, 0.25) is 10.0 Å². The van der Waals surface area contributed by atoms with Crippen molar-refractivity contribution in [2.24, 2.45) is 0 Å². The van der Waals surface area contributed by atoms with Crippen LogP contribution in [0.4, 0.5) is 0 Å². The zero-order valence-corrected chi connectivity index (χ0v) is 21.9. The summed E-state index contributed by atoms with van der Waals surface area (Å²) in [6.45, 7) is 8.84. The molecule has 4 N–H and O–H groups in total. The van der Waals surface area contributed by atoms with E-state index >= 15 is 0 Å². The number of hydrogen-bond acceptors (Lipinski definition) is 6. The topological polar surface area (TPSA) is 121 Å². The van der Waals surface area contributed by atoms with E-state index < -0.39 is 16.8 Å². The lowest BCUT2D eigenvalue weighted by Crippen LogP contribution is -2.61. The number of rotatable bonds is 7. The molecule has 0 unspecified atom stereocenters. The summed E-state index contributed by atoms with van der Waals surface area (Å²) in [5.74, 6) is 1.30. The maximum Gasteiger partial charge on any atom is 0.300 e. The summed E-state index contributed by atoms with van der Waals surface area (Å²) in [6, 6.07) is 6.63. The molecule has 190 valence electrons. The molecule has 0 amide bonds. The van der Waals surface area contributed by atoms with Crippen LogP contribution >= 0.6 is 23.2 Å². The predicted octanol–water partition coefficient (Wildman–Crippen LogP) is 1.91. The largest absolute Gasteiger partial charge is 0.481 e. The Morgan fingerprint density at radius 2 is 1.82 bits per heavy atom. The number of aldehydes is 1. The molecule has 2 aliphatic rings. The zero-order valence-electron chi connectivity index (χ0n) is 19.6. The van der Waals surface area contributed by atoms with Crippen molar-refractivity contribution in [1.29, 1.82) is 0 Å². The number of aliphatic carboxylic acids is 1. The van der Waals surface area contributed by atoms with E-state index in [4.69, 9.17) is 37.9 Å². The van der Waals surface area contributed by atoms with Crippen molar-refractivity contribution < 1.29 is 24.4 Å². The van der Waals surface area contributed by atoms with Crippen LogP contribution in [0.3, 0.4) is 0 Å². The molecule has 0 spiro atoms. The number of nitrogens with zero attached hydrogens (tertiary/aromatic N) is 2. The summed E-state index contributed by atoms with van der Waals surface area (Å²) < 4.78 is 11.5. The first-order chi connectivity index (χ1) is 15.2. The Kier molecular flexibility index (Phi) is 16.8. The van der Waals surface area contributed by atoms with E-state index in [1.54, 1.807) is 0 Å². The number of halogens is 2. The molecule has 0 bridgehead atoms. The van der Waals surface area contributed by atoms with Gasteiger partial charge in [0.15, 0.2) is 0 Å². The number of carbonyl (C=O) groups is 2. The number of carboxylic acids is 1. The minimum Gasteiger partial charge on any atom is -0.481 e. The molecule has 3 rings (SSSR count). The number of nitrogens with one attached hydrogen (secondary N) is 1. The molecule has 8 nitrogen and oxygen atoms in total. The molecule has 0 aromatic heterocycles. The van der Waals surface area contributed by atoms with Gasteiger partial charge in [0.25, 0.3) is 5.97 Å². The van der Waals surface area contributed by atoms with Crippen LogP contribution < -0.4 is 5.32 Å². The molecule has 0 aliphatic carbocycles. The van der Waals surface area contributed by atoms with Gasteiger partial charge in [0.1, 0.15) is 6.29 Å². The maximum atomic E-state index is 11.5. The smallest absolute Gasteiger partial charge is 0.300 e. The molecule has 0 saturated carbocycles. The number of likely N-dealkylation sites (tertiary alicyclic amines) is 1. The minimum absolute atomic E-state index is 0. The summed E-state index contributed by atoms with van der Waals surface area (Å²) in [6.07, 6.45) is 1.86. The van der Waals surface area contributed by atoms with E-state index in [0.29, 0.717) is 22.0 Å². The summed E-state index contributed by atoms with van der Waals surface area (Å²) in [7, 11) is 1.41. The van der Waals surface area contributed by atoms with Crippen LogP contribution in [-0.4, -0.2) is 101 Å². The third-order valence-corrected chi connectivity index (χ3v) is 7.34. The SMILES string of the molecule is CC(=O)O.CC=O.CNC[C@@H](CCN1CC(N2CCS(=O)CC2)C1)c1ccc(Cl)c(Cl)c1.O. The van der Waals surface area contributed by atoms with E-state index in [1.807, 2.05) is 19.2 Å². The van der Waals surface area contributed by atoms with Crippen LogP contribution in [0.5, 0.6) is 0 Å². The monoisotopic (exact) mass is 525 g/mol. The molecule has 1 atom stereocenters. The van der Waals surface area contributed by atoms with Crippen LogP contribution in [0.25, 0.3) is 0 Å². The Bertz CT molecular complexity index is 737. The van der Waals surface area contributed by atoms with Crippen molar-refractivity contribution in [3.05, 3.63) is 33.8 Å². The molecule has 11 heteroatoms. The van der Waals surface area contributed by atoms with Gasteiger partial charge in [0.2, 0.25) is 0 Å². The third-order valence-electron chi connectivity index (χ3n) is 5.33. The summed E-state index contributed by atoms with van der Waals surface area (Å²) in [4.78, 5) is 22.8. The normalized spacial score (nSPS) is 17.8. The first-order valence-corrected chi connectivity index (χ1v) is 13.0. The van der Waals surface area contributed by atoms with Gasteiger partial charge in [0.05, 0.1) is 10.0 Å². The zero-order chi connectivity index (χ0) is 24.1. The molecule has 1 aromatic carbocycles. The van der Waals surface area contributed by atoms with Crippen molar-refractivity contribution in [3.8, 4) is 0 Å². The van der Waals surface area contributed by atoms with Crippen LogP contribution in [0.1, 0.15) is 31.7 Å². The van der Waals surface area contributed by atoms with Crippen molar-refractivity contribution in [3.63, 3.8) is 0 Å². The van der Waals surface area contributed by atoms with E-state index in [-0.39, 0.29) is 5.48 Å². The highest BCUT2D eigenvalue weighted by Crippen LogP contribution is 2.28. The van der Waals surface area contributed by atoms with Gasteiger partial charge in [-0.2, -0.15) is 0 Å². The second kappa shape index (κ2) is 17.4. The predicted molar refractivity (Wildman–Crippen MR) is 136 cm³/mol. The molecular formula is C22H37Cl2N3O5S. The minimum atomic E-state index is -0.833. The van der Waals surface area contributed by atoms with Gasteiger partial charge in [0, 0.05) is 68.0 Å². The lowest BCUT2D eigenvalue weighted by Gasteiger charge is -2.47. The van der Waals surface area contributed by atoms with Crippen molar-refractivity contribution >= 4 is 46.3 Å². The molecule has 2 aliphatic heterocycles. The van der Waals surface area contributed by atoms with Crippen LogP contribution in [0, 0.1) is 0 Å². The Hall–Kier alpha value is -1.07. The Labute approximate surface area is 209 Å². The Morgan fingerprint density at radius 1 is 1.27 bits per heavy atom. The van der Waals surface area contributed by atoms with Crippen molar-refractivity contribution in [2.45, 2.75) is 32.2 Å². The maximum absolute atomic E-state index is 11.5. The number of hydrogen-bond donors (Lipinski definition) is 2. The third kappa shape index (κ3) is 12.3. The van der Waals surface area contributed by atoms with Gasteiger partial charge in [-0.15, -0.1) is 0 Å². The fourth-order valence-corrected chi connectivity index (χ4v) is 5.10. The summed E-state index contributed by atoms with van der Waals surface area (Å²) >= 11 is 12.2. The van der Waals surface area contributed by atoms with E-state index in [9.17, 15) is 4.21 Å². The van der Waals surface area contributed by atoms with Crippen molar-refractivity contribution in [1.82, 2.24) is 15.1 Å². The van der Waals surface area contributed by atoms with Crippen LogP contribution in [-0.2, 0) is 20.4 Å². The Morgan fingerprint density at radius 3 is 2.30 bits per heavy atom. The highest BCUT2D eigenvalue weighted by molar-refractivity contribution is 7.85. The van der Waals surface area contributed by atoms with Gasteiger partial charge >= 0.3 is 0 Å². The standard InChI is InChI=1S/C18H27Cl2N3OS.C2H4O2.C2H4O.H2O/c1-21-11-15(14-2-3-17(19)18(20)10-14)4-5-22-12-16(13-22)23-6-8-25(24)9-7-23;1-2(3)4;1-2-3;/h2-3,10,15-16,21H,4-9,11-13H2,1H3;1H3,(H,3,4);2H,1H3;1H2/t15-;;;/m1.../s1. The molecule has 2 fully saturated rings. The molecular weight excluding hydrogens is 489 g/mol. The quantitative estimate of drug-likeness (QED) is 0.521. The average Bonchev–Trinajstić information content (AvgIpc) is 2.69. The summed E-state index contributed by atoms with van der Waals surface area (Å²) in [5.41, 5.74) is 1.25. The molecule has 2 heterocycles. The van der Waals surface area contributed by atoms with E-state index in [2.05, 4.69) is 21.2 Å². The lowest BCUT2D eigenvalue weighted by atomic mass is 9.94. The lowest BCUT2D eigenvalue weighted by molar-refractivity contribution is -0.134. The number of carboxylic acid groups (broad SMARTS) is 1. The van der Waals surface area contributed by atoms with Crippen molar-refractivity contribution in [2.75, 3.05) is 57.8 Å². The van der Waals surface area contributed by atoms with E-state index in [1.165, 1.54) is 12.5 Å². The highest BCUT2D eigenvalue weighted by atomic mass is 35.5. The first kappa shape index (κ1) is 31.9. The number of benzene rings is 1. The van der Waals surface area contributed by atoms with Gasteiger partial charge in [-0.3, -0.25) is 13.9 Å². The second-order valence-electron chi connectivity index (χ2n) is 7.77. The Balaban J connectivity index is 0.00000113. The van der Waals surface area contributed by atoms with E-state index in [0.717, 1.165) is 70.4 Å². The number of carbonyl (C=O) groups excluding carboxylic acids is 1. The number of likely N-dealkylation sites (N-methyl/N-ethyl adjacent to an activating group) is 1. The molecule has 0 radical (unpaired) electrons. The van der Waals surface area contributed by atoms with Gasteiger partial charge in [-0.1, -0.05) is 29.3 Å². The fourth-order valence-electron chi connectivity index (χ4n) is 3.71. The van der Waals surface area contributed by atoms with Gasteiger partial charge in [-0.05, 0) is 50.6 Å². The molecule has 1 aromatic rings. The highest BCUT2D eigenvalue weighted by Gasteiger charge is 2.33. The summed E-state index contributed by atoms with van der Waals surface area (Å²) in [5, 5.41) is 12.0. The van der Waals surface area contributed by atoms with Gasteiger partial charge < -0.3 is 25.6 Å². The first-order valence-electron chi connectivity index (χ1n) is 10.7. The van der Waals surface area contributed by atoms with Gasteiger partial charge in [-0.25, -0.2) is 0 Å². The average molecular weight is 527 g/mol. The second-order valence-corrected chi connectivity index (χ2v) is 10.3. The van der Waals surface area contributed by atoms with Crippen LogP contribution in [0.15, 0.2) is 18.2 Å². The fraction of sp³-hybridized carbons (Fsp3) is 0.636. The molecule has 33 heavy (non-hydrogen) atoms.